The number of nitrogens with one attached hydrogen (secondary N) is 1. The van der Waals surface area contributed by atoms with E-state index < -0.39 is 5.91 Å². The molecule has 0 atom stereocenters. The number of fused-ring (bicyclic) bond motifs is 1. The van der Waals surface area contributed by atoms with Crippen molar-refractivity contribution in [2.45, 2.75) is 6.92 Å². The summed E-state index contributed by atoms with van der Waals surface area (Å²) in [6.07, 6.45) is 0. The number of para-hydroxylation sites is 1. The quantitative estimate of drug-likeness (QED) is 0.775. The molecule has 0 fully saturated rings. The number of carbonyl (C=O) groups excluding carboxylic acids is 2. The molecule has 23 heavy (non-hydrogen) atoms. The highest BCUT2D eigenvalue weighted by atomic mass is 16.2. The van der Waals surface area contributed by atoms with Gasteiger partial charge in [-0.1, -0.05) is 24.3 Å². The molecule has 3 rings (SSSR count). The molecular formula is C17H14N4O2. The molecule has 0 radical (unpaired) electrons. The molecule has 0 saturated heterocycles. The number of aryl methyl sites for hydroxylation is 1. The minimum absolute atomic E-state index is 0.0923. The van der Waals surface area contributed by atoms with Crippen molar-refractivity contribution >= 4 is 28.5 Å². The zero-order chi connectivity index (χ0) is 16.4. The van der Waals surface area contributed by atoms with Crippen LogP contribution >= 0.6 is 0 Å². The van der Waals surface area contributed by atoms with Crippen molar-refractivity contribution in [3.63, 3.8) is 0 Å². The highest BCUT2D eigenvalue weighted by Crippen LogP contribution is 2.18. The predicted octanol–water partition coefficient (Wildman–Crippen LogP) is 2.29. The summed E-state index contributed by atoms with van der Waals surface area (Å²) in [6, 6.07) is 13.9. The van der Waals surface area contributed by atoms with Gasteiger partial charge in [-0.05, 0) is 31.2 Å². The van der Waals surface area contributed by atoms with Crippen molar-refractivity contribution in [2.24, 2.45) is 5.73 Å². The number of benzene rings is 1. The average molecular weight is 306 g/mol. The molecule has 0 aliphatic rings. The molecule has 2 aromatic heterocycles. The van der Waals surface area contributed by atoms with Crippen molar-refractivity contribution in [2.75, 3.05) is 5.32 Å². The smallest absolute Gasteiger partial charge is 0.267 e. The largest absolute Gasteiger partial charge is 0.364 e. The van der Waals surface area contributed by atoms with Gasteiger partial charge in [0, 0.05) is 11.1 Å². The van der Waals surface area contributed by atoms with Crippen LogP contribution in [0.5, 0.6) is 0 Å². The molecule has 2 amide bonds. The Hall–Kier alpha value is -3.28. The first-order valence-corrected chi connectivity index (χ1v) is 6.99. The van der Waals surface area contributed by atoms with Gasteiger partial charge in [0.15, 0.2) is 0 Å². The van der Waals surface area contributed by atoms with E-state index in [1.807, 2.05) is 25.1 Å². The van der Waals surface area contributed by atoms with E-state index in [0.29, 0.717) is 11.1 Å². The molecule has 0 saturated carbocycles. The average Bonchev–Trinajstić information content (AvgIpc) is 2.54. The Bertz CT molecular complexity index is 921. The number of amides is 2. The molecule has 3 aromatic rings. The zero-order valence-corrected chi connectivity index (χ0v) is 12.4. The number of nitrogens with two attached hydrogens (primary N) is 1. The maximum Gasteiger partial charge on any atom is 0.267 e. The van der Waals surface area contributed by atoms with E-state index in [0.717, 1.165) is 11.1 Å². The van der Waals surface area contributed by atoms with E-state index in [9.17, 15) is 9.59 Å². The van der Waals surface area contributed by atoms with Crippen LogP contribution in [0, 0.1) is 6.92 Å². The van der Waals surface area contributed by atoms with Crippen LogP contribution in [-0.2, 0) is 0 Å². The molecule has 0 bridgehead atoms. The van der Waals surface area contributed by atoms with Crippen molar-refractivity contribution in [3.05, 3.63) is 65.5 Å². The van der Waals surface area contributed by atoms with Crippen LogP contribution in [0.3, 0.4) is 0 Å². The molecule has 114 valence electrons. The first kappa shape index (κ1) is 14.6. The van der Waals surface area contributed by atoms with Crippen LogP contribution in [0.25, 0.3) is 10.9 Å². The summed E-state index contributed by atoms with van der Waals surface area (Å²) < 4.78 is 0. The lowest BCUT2D eigenvalue weighted by Gasteiger charge is -2.08. The number of hydrogen-bond donors (Lipinski definition) is 2. The molecule has 6 nitrogen and oxygen atoms in total. The lowest BCUT2D eigenvalue weighted by Crippen LogP contribution is -2.17. The Labute approximate surface area is 132 Å². The Kier molecular flexibility index (Phi) is 3.72. The standard InChI is InChI=1S/C17H14N4O2/c1-10-8-9-11-4-2-5-12(15(11)19-10)17(23)21-14-7-3-6-13(20-14)16(18)22/h2-9H,1H3,(H2,18,22)(H,20,21,23). The summed E-state index contributed by atoms with van der Waals surface area (Å²) in [7, 11) is 0. The lowest BCUT2D eigenvalue weighted by atomic mass is 10.1. The predicted molar refractivity (Wildman–Crippen MR) is 87.2 cm³/mol. The van der Waals surface area contributed by atoms with Gasteiger partial charge in [0.1, 0.15) is 11.5 Å². The number of nitrogens with zero attached hydrogens (tertiary/aromatic N) is 2. The Balaban J connectivity index is 1.96. The van der Waals surface area contributed by atoms with Crippen LogP contribution in [-0.4, -0.2) is 21.8 Å². The van der Waals surface area contributed by atoms with Crippen molar-refractivity contribution in [3.8, 4) is 0 Å². The minimum Gasteiger partial charge on any atom is -0.364 e. The van der Waals surface area contributed by atoms with Crippen LogP contribution in [0.15, 0.2) is 48.5 Å². The van der Waals surface area contributed by atoms with Crippen LogP contribution < -0.4 is 11.1 Å². The fraction of sp³-hybridized carbons (Fsp3) is 0.0588. The molecule has 3 N–H and O–H groups in total. The Morgan fingerprint density at radius 1 is 1.00 bits per heavy atom. The summed E-state index contributed by atoms with van der Waals surface area (Å²) in [5.41, 5.74) is 7.17. The van der Waals surface area contributed by atoms with E-state index >= 15 is 0 Å². The van der Waals surface area contributed by atoms with Gasteiger partial charge in [-0.15, -0.1) is 0 Å². The van der Waals surface area contributed by atoms with Gasteiger partial charge in [0.25, 0.3) is 11.8 Å². The maximum atomic E-state index is 12.5. The molecule has 2 heterocycles. The Morgan fingerprint density at radius 2 is 1.78 bits per heavy atom. The fourth-order valence-corrected chi connectivity index (χ4v) is 2.25. The first-order valence-electron chi connectivity index (χ1n) is 6.99. The molecule has 1 aromatic carbocycles. The summed E-state index contributed by atoms with van der Waals surface area (Å²) >= 11 is 0. The van der Waals surface area contributed by atoms with Gasteiger partial charge in [-0.2, -0.15) is 0 Å². The summed E-state index contributed by atoms with van der Waals surface area (Å²) in [5, 5.41) is 3.54. The molecule has 0 unspecified atom stereocenters. The second kappa shape index (κ2) is 5.84. The normalized spacial score (nSPS) is 10.5. The Morgan fingerprint density at radius 3 is 2.57 bits per heavy atom. The third-order valence-corrected chi connectivity index (χ3v) is 3.35. The topological polar surface area (TPSA) is 98.0 Å². The van der Waals surface area contributed by atoms with Gasteiger partial charge in [0.05, 0.1) is 11.1 Å². The maximum absolute atomic E-state index is 12.5. The molecule has 6 heteroatoms. The SMILES string of the molecule is Cc1ccc2cccc(C(=O)Nc3cccc(C(N)=O)n3)c2n1. The highest BCUT2D eigenvalue weighted by Gasteiger charge is 2.13. The van der Waals surface area contributed by atoms with E-state index in [-0.39, 0.29) is 17.4 Å². The second-order valence-corrected chi connectivity index (χ2v) is 5.06. The zero-order valence-electron chi connectivity index (χ0n) is 12.4. The number of pyridine rings is 2. The van der Waals surface area contributed by atoms with Gasteiger partial charge in [-0.25, -0.2) is 4.98 Å². The van der Waals surface area contributed by atoms with Gasteiger partial charge < -0.3 is 11.1 Å². The fourth-order valence-electron chi connectivity index (χ4n) is 2.25. The lowest BCUT2D eigenvalue weighted by molar-refractivity contribution is 0.0991. The third kappa shape index (κ3) is 3.01. The summed E-state index contributed by atoms with van der Waals surface area (Å²) in [6.45, 7) is 1.87. The van der Waals surface area contributed by atoms with Gasteiger partial charge >= 0.3 is 0 Å². The first-order chi connectivity index (χ1) is 11.0. The molecule has 0 spiro atoms. The molecule has 0 aliphatic heterocycles. The van der Waals surface area contributed by atoms with Crippen molar-refractivity contribution in [1.82, 2.24) is 9.97 Å². The number of rotatable bonds is 3. The summed E-state index contributed by atoms with van der Waals surface area (Å²) in [4.78, 5) is 32.1. The summed E-state index contributed by atoms with van der Waals surface area (Å²) in [5.74, 6) is -0.734. The molecule has 0 aliphatic carbocycles. The number of aromatic nitrogens is 2. The number of primary amides is 1. The minimum atomic E-state index is -0.649. The molecular weight excluding hydrogens is 292 g/mol. The van der Waals surface area contributed by atoms with Crippen molar-refractivity contribution in [1.29, 1.82) is 0 Å². The van der Waals surface area contributed by atoms with Crippen molar-refractivity contribution < 1.29 is 9.59 Å². The van der Waals surface area contributed by atoms with E-state index in [2.05, 4.69) is 15.3 Å². The highest BCUT2D eigenvalue weighted by molar-refractivity contribution is 6.11. The van der Waals surface area contributed by atoms with E-state index in [4.69, 9.17) is 5.73 Å². The second-order valence-electron chi connectivity index (χ2n) is 5.06. The van der Waals surface area contributed by atoms with E-state index in [1.165, 1.54) is 6.07 Å². The monoisotopic (exact) mass is 306 g/mol. The van der Waals surface area contributed by atoms with Gasteiger partial charge in [-0.3, -0.25) is 14.6 Å². The number of anilines is 1. The third-order valence-electron chi connectivity index (χ3n) is 3.35. The van der Waals surface area contributed by atoms with Crippen LogP contribution in [0.4, 0.5) is 5.82 Å². The van der Waals surface area contributed by atoms with Gasteiger partial charge in [0.2, 0.25) is 0 Å². The van der Waals surface area contributed by atoms with Crippen LogP contribution in [0.1, 0.15) is 26.5 Å². The van der Waals surface area contributed by atoms with E-state index in [1.54, 1.807) is 24.3 Å². The number of hydrogen-bond acceptors (Lipinski definition) is 4. The van der Waals surface area contributed by atoms with Crippen LogP contribution in [0.2, 0.25) is 0 Å². The number of carbonyl (C=O) groups is 2.